The summed E-state index contributed by atoms with van der Waals surface area (Å²) in [6.45, 7) is 4.28. The molecule has 0 radical (unpaired) electrons. The van der Waals surface area contributed by atoms with Crippen LogP contribution in [0.2, 0.25) is 0 Å². The lowest BCUT2D eigenvalue weighted by Gasteiger charge is -2.20. The molecule has 2 aliphatic rings. The van der Waals surface area contributed by atoms with Gasteiger partial charge in [-0.3, -0.25) is 19.3 Å². The largest absolute Gasteiger partial charge is 0.341 e. The van der Waals surface area contributed by atoms with Gasteiger partial charge >= 0.3 is 0 Å². The van der Waals surface area contributed by atoms with Crippen LogP contribution in [0, 0.1) is 0 Å². The highest BCUT2D eigenvalue weighted by molar-refractivity contribution is 9.10. The minimum absolute atomic E-state index is 0.122. The number of amides is 3. The predicted molar refractivity (Wildman–Crippen MR) is 128 cm³/mol. The Labute approximate surface area is 194 Å². The lowest BCUT2D eigenvalue weighted by Crippen LogP contribution is -2.34. The van der Waals surface area contributed by atoms with Crippen molar-refractivity contribution in [2.24, 2.45) is 0 Å². The third-order valence-corrected chi connectivity index (χ3v) is 7.15. The summed E-state index contributed by atoms with van der Waals surface area (Å²) in [5, 5.41) is 0.722. The molecule has 2 aromatic rings. The van der Waals surface area contributed by atoms with Crippen LogP contribution >= 0.6 is 27.7 Å². The van der Waals surface area contributed by atoms with Crippen LogP contribution in [0.15, 0.2) is 33.8 Å². The Morgan fingerprint density at radius 3 is 2.61 bits per heavy atom. The van der Waals surface area contributed by atoms with E-state index in [1.54, 1.807) is 6.08 Å². The minimum atomic E-state index is -0.242. The van der Waals surface area contributed by atoms with Crippen molar-refractivity contribution < 1.29 is 14.4 Å². The van der Waals surface area contributed by atoms with Crippen LogP contribution in [0.1, 0.15) is 44.6 Å². The quantitative estimate of drug-likeness (QED) is 0.522. The zero-order valence-electron chi connectivity index (χ0n) is 17.6. The summed E-state index contributed by atoms with van der Waals surface area (Å²) in [6, 6.07) is 5.92. The van der Waals surface area contributed by atoms with Crippen molar-refractivity contribution in [3.63, 3.8) is 0 Å². The van der Waals surface area contributed by atoms with Crippen molar-refractivity contribution in [1.29, 1.82) is 0 Å². The van der Waals surface area contributed by atoms with Crippen LogP contribution in [-0.2, 0) is 16.1 Å². The second-order valence-corrected chi connectivity index (χ2v) is 9.91. The first-order valence-electron chi connectivity index (χ1n) is 10.8. The lowest BCUT2D eigenvalue weighted by molar-refractivity contribution is -0.131. The zero-order chi connectivity index (χ0) is 22.0. The number of rotatable bonds is 5. The number of imide groups is 1. The SMILES string of the molecule is CCCN1C(=O)S/C(=C\c2cn(CC(=O)N3CCCCCC3)c3ccc(Br)cc23)C1=O. The van der Waals surface area contributed by atoms with Crippen LogP contribution in [0.4, 0.5) is 4.79 Å². The number of carbonyl (C=O) groups is 3. The third kappa shape index (κ3) is 4.75. The van der Waals surface area contributed by atoms with Crippen molar-refractivity contribution in [2.75, 3.05) is 19.6 Å². The van der Waals surface area contributed by atoms with Crippen LogP contribution in [0.25, 0.3) is 17.0 Å². The molecule has 3 amide bonds. The fraction of sp³-hybridized carbons (Fsp3) is 0.435. The fourth-order valence-electron chi connectivity index (χ4n) is 4.17. The molecule has 164 valence electrons. The average molecular weight is 504 g/mol. The summed E-state index contributed by atoms with van der Waals surface area (Å²) in [6.07, 6.45) is 8.91. The smallest absolute Gasteiger partial charge is 0.293 e. The molecule has 4 rings (SSSR count). The van der Waals surface area contributed by atoms with Crippen molar-refractivity contribution in [3.05, 3.63) is 39.3 Å². The Kier molecular flexibility index (Phi) is 6.86. The van der Waals surface area contributed by atoms with Crippen LogP contribution < -0.4 is 0 Å². The topological polar surface area (TPSA) is 62.6 Å². The third-order valence-electron chi connectivity index (χ3n) is 5.75. The highest BCUT2D eigenvalue weighted by atomic mass is 79.9. The normalized spacial score (nSPS) is 19.0. The Morgan fingerprint density at radius 1 is 1.16 bits per heavy atom. The van der Waals surface area contributed by atoms with Gasteiger partial charge in [-0.2, -0.15) is 0 Å². The van der Waals surface area contributed by atoms with Gasteiger partial charge < -0.3 is 9.47 Å². The first-order valence-corrected chi connectivity index (χ1v) is 12.4. The van der Waals surface area contributed by atoms with Crippen molar-refractivity contribution in [1.82, 2.24) is 14.4 Å². The predicted octanol–water partition coefficient (Wildman–Crippen LogP) is 5.25. The molecule has 2 aliphatic heterocycles. The van der Waals surface area contributed by atoms with Gasteiger partial charge in [-0.25, -0.2) is 0 Å². The summed E-state index contributed by atoms with van der Waals surface area (Å²) in [5.74, 6) is -0.120. The van der Waals surface area contributed by atoms with Crippen molar-refractivity contribution >= 4 is 61.7 Å². The number of hydrogen-bond acceptors (Lipinski definition) is 4. The molecule has 0 N–H and O–H groups in total. The number of nitrogens with zero attached hydrogens (tertiary/aromatic N) is 3. The molecule has 0 aliphatic carbocycles. The average Bonchev–Trinajstić information content (AvgIpc) is 3.06. The number of thioether (sulfide) groups is 1. The standard InChI is InChI=1S/C23H26BrN3O3S/c1-2-9-27-22(29)20(31-23(27)30)12-16-14-26(19-8-7-17(24)13-18(16)19)15-21(28)25-10-5-3-4-6-11-25/h7-8,12-14H,2-6,9-11,15H2,1H3/b20-12-. The van der Waals surface area contributed by atoms with Gasteiger partial charge in [0.1, 0.15) is 6.54 Å². The number of hydrogen-bond donors (Lipinski definition) is 0. The van der Waals surface area contributed by atoms with Crippen LogP contribution in [0.5, 0.6) is 0 Å². The summed E-state index contributed by atoms with van der Waals surface area (Å²) < 4.78 is 2.88. The van der Waals surface area contributed by atoms with Gasteiger partial charge in [0.2, 0.25) is 5.91 Å². The number of benzene rings is 1. The van der Waals surface area contributed by atoms with Crippen LogP contribution in [-0.4, -0.2) is 51.1 Å². The summed E-state index contributed by atoms with van der Waals surface area (Å²) in [7, 11) is 0. The second-order valence-electron chi connectivity index (χ2n) is 8.00. The van der Waals surface area contributed by atoms with Crippen LogP contribution in [0.3, 0.4) is 0 Å². The monoisotopic (exact) mass is 503 g/mol. The first kappa shape index (κ1) is 22.1. The van der Waals surface area contributed by atoms with Gasteiger partial charge in [-0.1, -0.05) is 35.7 Å². The number of carbonyl (C=O) groups excluding carboxylic acids is 3. The minimum Gasteiger partial charge on any atom is -0.341 e. The van der Waals surface area contributed by atoms with Gasteiger partial charge in [-0.05, 0) is 55.3 Å². The summed E-state index contributed by atoms with van der Waals surface area (Å²) in [4.78, 5) is 41.5. The Balaban J connectivity index is 1.66. The fourth-order valence-corrected chi connectivity index (χ4v) is 5.38. The van der Waals surface area contributed by atoms with E-state index in [0.29, 0.717) is 11.4 Å². The van der Waals surface area contributed by atoms with E-state index in [2.05, 4.69) is 15.9 Å². The van der Waals surface area contributed by atoms with E-state index in [1.165, 1.54) is 17.7 Å². The maximum absolute atomic E-state index is 13.0. The maximum atomic E-state index is 13.0. The lowest BCUT2D eigenvalue weighted by atomic mass is 10.1. The molecule has 6 nitrogen and oxygen atoms in total. The maximum Gasteiger partial charge on any atom is 0.293 e. The molecule has 0 unspecified atom stereocenters. The molecular formula is C23H26BrN3O3S. The van der Waals surface area contributed by atoms with Gasteiger partial charge in [-0.15, -0.1) is 0 Å². The molecule has 0 spiro atoms. The van der Waals surface area contributed by atoms with E-state index < -0.39 is 0 Å². The zero-order valence-corrected chi connectivity index (χ0v) is 20.0. The summed E-state index contributed by atoms with van der Waals surface area (Å²) >= 11 is 4.50. The number of likely N-dealkylation sites (tertiary alicyclic amines) is 1. The second kappa shape index (κ2) is 9.61. The van der Waals surface area contributed by atoms with E-state index in [1.807, 2.05) is 40.8 Å². The Bertz CT molecular complexity index is 1050. The molecule has 0 saturated carbocycles. The highest BCUT2D eigenvalue weighted by Crippen LogP contribution is 2.35. The Hall–Kier alpha value is -2.06. The molecule has 0 atom stereocenters. The molecule has 1 aromatic heterocycles. The molecule has 31 heavy (non-hydrogen) atoms. The van der Waals surface area contributed by atoms with E-state index >= 15 is 0 Å². The number of fused-ring (bicyclic) bond motifs is 1. The molecule has 2 fully saturated rings. The molecule has 8 heteroatoms. The molecular weight excluding hydrogens is 478 g/mol. The number of halogens is 1. The van der Waals surface area contributed by atoms with Gasteiger partial charge in [0.15, 0.2) is 0 Å². The van der Waals surface area contributed by atoms with Gasteiger partial charge in [0.05, 0.1) is 4.91 Å². The van der Waals surface area contributed by atoms with E-state index in [-0.39, 0.29) is 23.6 Å². The van der Waals surface area contributed by atoms with E-state index in [9.17, 15) is 14.4 Å². The van der Waals surface area contributed by atoms with Crippen molar-refractivity contribution in [2.45, 2.75) is 45.6 Å². The van der Waals surface area contributed by atoms with Crippen molar-refractivity contribution in [3.8, 4) is 0 Å². The number of aromatic nitrogens is 1. The van der Waals surface area contributed by atoms with Gasteiger partial charge in [0, 0.05) is 46.8 Å². The first-order chi connectivity index (χ1) is 15.0. The summed E-state index contributed by atoms with van der Waals surface area (Å²) in [5.41, 5.74) is 1.77. The Morgan fingerprint density at radius 2 is 1.90 bits per heavy atom. The molecule has 3 heterocycles. The molecule has 2 saturated heterocycles. The molecule has 0 bridgehead atoms. The van der Waals surface area contributed by atoms with Gasteiger partial charge in [0.25, 0.3) is 11.1 Å². The highest BCUT2D eigenvalue weighted by Gasteiger charge is 2.34. The van der Waals surface area contributed by atoms with E-state index in [0.717, 1.165) is 65.1 Å². The van der Waals surface area contributed by atoms with E-state index in [4.69, 9.17) is 0 Å². The molecule has 1 aromatic carbocycles.